The smallest absolute Gasteiger partial charge is 0.224 e. The van der Waals surface area contributed by atoms with Crippen LogP contribution in [0, 0.1) is 0 Å². The molecule has 0 aromatic heterocycles. The van der Waals surface area contributed by atoms with Gasteiger partial charge in [-0.3, -0.25) is 9.59 Å². The van der Waals surface area contributed by atoms with E-state index in [9.17, 15) is 9.59 Å². The van der Waals surface area contributed by atoms with E-state index in [0.717, 1.165) is 11.1 Å². The van der Waals surface area contributed by atoms with Crippen molar-refractivity contribution in [2.45, 2.75) is 18.9 Å². The molecule has 0 radical (unpaired) electrons. The van der Waals surface area contributed by atoms with Crippen LogP contribution in [0.5, 0.6) is 0 Å². The molecule has 7 heteroatoms. The SMILES string of the molecule is Nc1c(Cl)cc(C(=O)CNCC(Cc2ccccc2)NC(=O)Cc2ccccc2)cc1Cl. The summed E-state index contributed by atoms with van der Waals surface area (Å²) in [4.78, 5) is 25.1. The number of nitrogen functional groups attached to an aromatic ring is 1. The van der Waals surface area contributed by atoms with E-state index in [1.54, 1.807) is 0 Å². The van der Waals surface area contributed by atoms with Crippen molar-refractivity contribution in [1.29, 1.82) is 0 Å². The van der Waals surface area contributed by atoms with E-state index in [4.69, 9.17) is 28.9 Å². The monoisotopic (exact) mass is 469 g/mol. The van der Waals surface area contributed by atoms with Gasteiger partial charge in [-0.25, -0.2) is 0 Å². The minimum absolute atomic E-state index is 0.0673. The van der Waals surface area contributed by atoms with Crippen LogP contribution in [0.4, 0.5) is 5.69 Å². The zero-order valence-corrected chi connectivity index (χ0v) is 19.0. The van der Waals surface area contributed by atoms with Crippen LogP contribution in [0.3, 0.4) is 0 Å². The lowest BCUT2D eigenvalue weighted by Crippen LogP contribution is -2.45. The molecule has 0 spiro atoms. The summed E-state index contributed by atoms with van der Waals surface area (Å²) in [5, 5.41) is 6.72. The van der Waals surface area contributed by atoms with Gasteiger partial charge in [0.25, 0.3) is 0 Å². The van der Waals surface area contributed by atoms with Crippen LogP contribution in [0.2, 0.25) is 10.0 Å². The molecule has 0 heterocycles. The second-order valence-corrected chi connectivity index (χ2v) is 8.34. The lowest BCUT2D eigenvalue weighted by Gasteiger charge is -2.20. The van der Waals surface area contributed by atoms with Gasteiger partial charge in [0, 0.05) is 18.2 Å². The van der Waals surface area contributed by atoms with Gasteiger partial charge in [-0.2, -0.15) is 0 Å². The zero-order chi connectivity index (χ0) is 22.9. The van der Waals surface area contributed by atoms with Gasteiger partial charge in [-0.1, -0.05) is 83.9 Å². The topological polar surface area (TPSA) is 84.2 Å². The number of carbonyl (C=O) groups excluding carboxylic acids is 2. The Bertz CT molecular complexity index is 1040. The van der Waals surface area contributed by atoms with Crippen molar-refractivity contribution in [3.8, 4) is 0 Å². The van der Waals surface area contributed by atoms with Crippen LogP contribution in [0.15, 0.2) is 72.8 Å². The molecule has 0 saturated carbocycles. The zero-order valence-electron chi connectivity index (χ0n) is 17.5. The third-order valence-corrected chi connectivity index (χ3v) is 5.60. The molecule has 1 atom stereocenters. The van der Waals surface area contributed by atoms with Crippen LogP contribution in [0.25, 0.3) is 0 Å². The predicted molar refractivity (Wildman–Crippen MR) is 130 cm³/mol. The maximum Gasteiger partial charge on any atom is 0.224 e. The summed E-state index contributed by atoms with van der Waals surface area (Å²) in [6.45, 7) is 0.508. The summed E-state index contributed by atoms with van der Waals surface area (Å²) >= 11 is 12.1. The average Bonchev–Trinajstić information content (AvgIpc) is 2.78. The first kappa shape index (κ1) is 23.8. The van der Waals surface area contributed by atoms with Crippen molar-refractivity contribution in [2.75, 3.05) is 18.8 Å². The molecule has 3 rings (SSSR count). The molecule has 166 valence electrons. The number of benzene rings is 3. The van der Waals surface area contributed by atoms with Crippen molar-refractivity contribution in [3.05, 3.63) is 99.5 Å². The summed E-state index contributed by atoms with van der Waals surface area (Å²) in [6.07, 6.45) is 0.940. The molecule has 0 aliphatic rings. The molecular weight excluding hydrogens is 445 g/mol. The molecule has 1 unspecified atom stereocenters. The minimum atomic E-state index is -0.181. The summed E-state index contributed by atoms with van der Waals surface area (Å²) in [5.74, 6) is -0.231. The van der Waals surface area contributed by atoms with E-state index in [1.165, 1.54) is 12.1 Å². The van der Waals surface area contributed by atoms with Crippen molar-refractivity contribution in [1.82, 2.24) is 10.6 Å². The number of amides is 1. The van der Waals surface area contributed by atoms with Crippen molar-refractivity contribution >= 4 is 40.6 Å². The van der Waals surface area contributed by atoms with Gasteiger partial charge in [0.15, 0.2) is 5.78 Å². The van der Waals surface area contributed by atoms with E-state index in [0.29, 0.717) is 24.9 Å². The van der Waals surface area contributed by atoms with E-state index in [2.05, 4.69) is 10.6 Å². The van der Waals surface area contributed by atoms with E-state index in [-0.39, 0.29) is 40.0 Å². The molecule has 3 aromatic rings. The number of nitrogens with one attached hydrogen (secondary N) is 2. The second kappa shape index (κ2) is 11.7. The van der Waals surface area contributed by atoms with Crippen LogP contribution in [0.1, 0.15) is 21.5 Å². The highest BCUT2D eigenvalue weighted by atomic mass is 35.5. The fourth-order valence-corrected chi connectivity index (χ4v) is 3.83. The number of carbonyl (C=O) groups is 2. The first-order valence-corrected chi connectivity index (χ1v) is 11.0. The Labute approximate surface area is 197 Å². The molecule has 3 aromatic carbocycles. The molecule has 1 amide bonds. The van der Waals surface area contributed by atoms with E-state index in [1.807, 2.05) is 60.7 Å². The number of halogens is 2. The Morgan fingerprint density at radius 2 is 1.44 bits per heavy atom. The number of hydrogen-bond acceptors (Lipinski definition) is 4. The fourth-order valence-electron chi connectivity index (χ4n) is 3.34. The highest BCUT2D eigenvalue weighted by Gasteiger charge is 2.16. The van der Waals surface area contributed by atoms with E-state index >= 15 is 0 Å². The van der Waals surface area contributed by atoms with Crippen LogP contribution >= 0.6 is 23.2 Å². The summed E-state index contributed by atoms with van der Waals surface area (Å²) in [6, 6.07) is 22.3. The van der Waals surface area contributed by atoms with Gasteiger partial charge in [-0.05, 0) is 29.7 Å². The number of anilines is 1. The Morgan fingerprint density at radius 3 is 2.03 bits per heavy atom. The van der Waals surface area contributed by atoms with Crippen LogP contribution in [-0.4, -0.2) is 30.8 Å². The molecule has 4 N–H and O–H groups in total. The van der Waals surface area contributed by atoms with Crippen LogP contribution in [-0.2, 0) is 17.6 Å². The molecule has 0 saturated heterocycles. The van der Waals surface area contributed by atoms with Crippen molar-refractivity contribution in [3.63, 3.8) is 0 Å². The van der Waals surface area contributed by atoms with Gasteiger partial charge < -0.3 is 16.4 Å². The van der Waals surface area contributed by atoms with Gasteiger partial charge >= 0.3 is 0 Å². The second-order valence-electron chi connectivity index (χ2n) is 7.52. The molecular formula is C25H25Cl2N3O2. The Kier molecular flexibility index (Phi) is 8.68. The first-order chi connectivity index (χ1) is 15.4. The van der Waals surface area contributed by atoms with Gasteiger partial charge in [0.2, 0.25) is 5.91 Å². The van der Waals surface area contributed by atoms with Crippen molar-refractivity contribution < 1.29 is 9.59 Å². The largest absolute Gasteiger partial charge is 0.396 e. The maximum absolute atomic E-state index is 12.6. The van der Waals surface area contributed by atoms with Gasteiger partial charge in [0.05, 0.1) is 28.7 Å². The summed E-state index contributed by atoms with van der Waals surface area (Å²) in [5.41, 5.74) is 8.42. The Hall–Kier alpha value is -2.86. The highest BCUT2D eigenvalue weighted by Crippen LogP contribution is 2.28. The highest BCUT2D eigenvalue weighted by molar-refractivity contribution is 6.39. The third kappa shape index (κ3) is 7.09. The molecule has 32 heavy (non-hydrogen) atoms. The summed E-state index contributed by atoms with van der Waals surface area (Å²) < 4.78 is 0. The molecule has 0 bridgehead atoms. The predicted octanol–water partition coefficient (Wildman–Crippen LogP) is 4.32. The molecule has 0 aliphatic carbocycles. The number of nitrogens with two attached hydrogens (primary N) is 1. The van der Waals surface area contributed by atoms with Gasteiger partial charge in [0.1, 0.15) is 0 Å². The lowest BCUT2D eigenvalue weighted by atomic mass is 10.0. The quantitative estimate of drug-likeness (QED) is 0.305. The normalized spacial score (nSPS) is 11.7. The first-order valence-electron chi connectivity index (χ1n) is 10.3. The average molecular weight is 470 g/mol. The number of ketones is 1. The fraction of sp³-hybridized carbons (Fsp3) is 0.200. The molecule has 0 aliphatic heterocycles. The van der Waals surface area contributed by atoms with Crippen molar-refractivity contribution in [2.24, 2.45) is 0 Å². The molecule has 0 fully saturated rings. The Morgan fingerprint density at radius 1 is 0.875 bits per heavy atom. The number of rotatable bonds is 10. The molecule has 5 nitrogen and oxygen atoms in total. The number of hydrogen-bond donors (Lipinski definition) is 3. The number of Topliss-reactive ketones (excluding diaryl/α,β-unsaturated/α-hetero) is 1. The standard InChI is InChI=1S/C25H25Cl2N3O2/c26-21-13-19(14-22(27)25(21)28)23(31)16-29-15-20(11-17-7-3-1-4-8-17)30-24(32)12-18-9-5-2-6-10-18/h1-10,13-14,20,29H,11-12,15-16,28H2,(H,30,32). The summed E-state index contributed by atoms with van der Waals surface area (Å²) in [7, 11) is 0. The minimum Gasteiger partial charge on any atom is -0.396 e. The van der Waals surface area contributed by atoms with E-state index < -0.39 is 0 Å². The Balaban J connectivity index is 1.60. The third-order valence-electron chi connectivity index (χ3n) is 4.97. The maximum atomic E-state index is 12.6. The lowest BCUT2D eigenvalue weighted by molar-refractivity contribution is -0.121. The van der Waals surface area contributed by atoms with Crippen LogP contribution < -0.4 is 16.4 Å². The van der Waals surface area contributed by atoms with Gasteiger partial charge in [-0.15, -0.1) is 0 Å².